The Balaban J connectivity index is 1.81. The van der Waals surface area contributed by atoms with Crippen molar-refractivity contribution in [1.82, 2.24) is 4.90 Å². The minimum absolute atomic E-state index is 0.656. The summed E-state index contributed by atoms with van der Waals surface area (Å²) in [5, 5.41) is 0. The third-order valence-corrected chi connectivity index (χ3v) is 2.72. The van der Waals surface area contributed by atoms with Gasteiger partial charge in [-0.3, -0.25) is 4.99 Å². The van der Waals surface area contributed by atoms with Crippen LogP contribution in [0.4, 0.5) is 0 Å². The van der Waals surface area contributed by atoms with Crippen molar-refractivity contribution in [3.63, 3.8) is 0 Å². The molecule has 0 aromatic heterocycles. The van der Waals surface area contributed by atoms with Crippen molar-refractivity contribution in [3.05, 3.63) is 47.8 Å². The number of nitrogens with zero attached hydrogens (tertiary/aromatic N) is 4. The molecule has 3 rings (SSSR count). The van der Waals surface area contributed by atoms with Gasteiger partial charge in [0, 0.05) is 19.0 Å². The summed E-state index contributed by atoms with van der Waals surface area (Å²) in [5.41, 5.74) is 2.26. The van der Waals surface area contributed by atoms with Crippen molar-refractivity contribution in [2.45, 2.75) is 6.54 Å². The van der Waals surface area contributed by atoms with Gasteiger partial charge in [0.1, 0.15) is 12.4 Å². The van der Waals surface area contributed by atoms with E-state index in [1.54, 1.807) is 12.4 Å². The lowest BCUT2D eigenvalue weighted by molar-refractivity contribution is 0.383. The van der Waals surface area contributed by atoms with Gasteiger partial charge in [0.25, 0.3) is 0 Å². The summed E-state index contributed by atoms with van der Waals surface area (Å²) < 4.78 is 0. The molecule has 0 aliphatic carbocycles. The largest absolute Gasteiger partial charge is 0.343 e. The number of hydrogen-bond acceptors (Lipinski definition) is 4. The van der Waals surface area contributed by atoms with Crippen LogP contribution in [0.2, 0.25) is 0 Å². The summed E-state index contributed by atoms with van der Waals surface area (Å²) in [4.78, 5) is 15.0. The normalized spacial score (nSPS) is 17.5. The summed E-state index contributed by atoms with van der Waals surface area (Å²) in [5.74, 6) is 0.776. The van der Waals surface area contributed by atoms with Gasteiger partial charge < -0.3 is 4.90 Å². The van der Waals surface area contributed by atoms with Crippen molar-refractivity contribution in [1.29, 1.82) is 0 Å². The number of fused-ring (bicyclic) bond motifs is 1. The highest BCUT2D eigenvalue weighted by atomic mass is 15.3. The van der Waals surface area contributed by atoms with Crippen LogP contribution in [0.1, 0.15) is 5.56 Å². The quantitative estimate of drug-likeness (QED) is 0.755. The van der Waals surface area contributed by atoms with Crippen LogP contribution in [0.5, 0.6) is 0 Å². The number of amidine groups is 1. The second-order valence-electron chi connectivity index (χ2n) is 3.90. The van der Waals surface area contributed by atoms with Gasteiger partial charge in [-0.2, -0.15) is 0 Å². The smallest absolute Gasteiger partial charge is 0.174 e. The van der Waals surface area contributed by atoms with E-state index in [1.807, 2.05) is 24.4 Å². The summed E-state index contributed by atoms with van der Waals surface area (Å²) in [6.07, 6.45) is 5.17. The molecular weight excluding hydrogens is 212 g/mol. The molecule has 0 spiro atoms. The average molecular weight is 224 g/mol. The van der Waals surface area contributed by atoms with Crippen molar-refractivity contribution >= 4 is 18.3 Å². The zero-order chi connectivity index (χ0) is 11.5. The third-order valence-electron chi connectivity index (χ3n) is 2.72. The molecule has 0 saturated heterocycles. The van der Waals surface area contributed by atoms with Crippen LogP contribution < -0.4 is 0 Å². The Labute approximate surface area is 99.7 Å². The van der Waals surface area contributed by atoms with Crippen LogP contribution in [-0.2, 0) is 6.54 Å². The molecule has 1 aromatic rings. The monoisotopic (exact) mass is 224 g/mol. The van der Waals surface area contributed by atoms with Gasteiger partial charge >= 0.3 is 0 Å². The second-order valence-corrected chi connectivity index (χ2v) is 3.90. The zero-order valence-electron chi connectivity index (χ0n) is 9.32. The molecule has 0 amide bonds. The molecule has 84 valence electrons. The maximum atomic E-state index is 4.39. The van der Waals surface area contributed by atoms with E-state index in [-0.39, 0.29) is 0 Å². The highest BCUT2D eigenvalue weighted by molar-refractivity contribution is 6.22. The molecule has 4 nitrogen and oxygen atoms in total. The van der Waals surface area contributed by atoms with E-state index in [2.05, 4.69) is 32.0 Å². The second kappa shape index (κ2) is 4.33. The number of benzene rings is 1. The molecule has 0 bridgehead atoms. The Kier molecular flexibility index (Phi) is 2.54. The van der Waals surface area contributed by atoms with E-state index in [1.165, 1.54) is 5.56 Å². The van der Waals surface area contributed by atoms with E-state index < -0.39 is 0 Å². The first-order chi connectivity index (χ1) is 8.43. The van der Waals surface area contributed by atoms with Gasteiger partial charge in [0.2, 0.25) is 0 Å². The maximum absolute atomic E-state index is 4.39. The molecule has 2 aliphatic heterocycles. The topological polar surface area (TPSA) is 40.3 Å². The Bertz CT molecular complexity index is 526. The van der Waals surface area contributed by atoms with E-state index >= 15 is 0 Å². The minimum Gasteiger partial charge on any atom is -0.343 e. The van der Waals surface area contributed by atoms with Gasteiger partial charge in [0.05, 0.1) is 6.20 Å². The molecule has 0 atom stereocenters. The van der Waals surface area contributed by atoms with Crippen LogP contribution in [0.25, 0.3) is 0 Å². The van der Waals surface area contributed by atoms with Crippen LogP contribution in [0, 0.1) is 0 Å². The molecule has 4 heteroatoms. The van der Waals surface area contributed by atoms with Gasteiger partial charge in [-0.1, -0.05) is 30.3 Å². The van der Waals surface area contributed by atoms with Crippen molar-refractivity contribution in [3.8, 4) is 0 Å². The molecule has 0 N–H and O–H groups in total. The lowest BCUT2D eigenvalue weighted by Crippen LogP contribution is -2.20. The van der Waals surface area contributed by atoms with Crippen LogP contribution in [0.3, 0.4) is 0 Å². The summed E-state index contributed by atoms with van der Waals surface area (Å²) >= 11 is 0. The average Bonchev–Trinajstić information content (AvgIpc) is 2.61. The summed E-state index contributed by atoms with van der Waals surface area (Å²) in [6, 6.07) is 10.3. The highest BCUT2D eigenvalue weighted by Crippen LogP contribution is 2.19. The first-order valence-corrected chi connectivity index (χ1v) is 5.53. The van der Waals surface area contributed by atoms with E-state index in [0.717, 1.165) is 18.1 Å². The predicted octanol–water partition coefficient (Wildman–Crippen LogP) is 1.85. The molecule has 2 aliphatic rings. The molecule has 17 heavy (non-hydrogen) atoms. The third kappa shape index (κ3) is 2.01. The standard InChI is InChI=1S/C13H12N4/c1-2-4-11(5-3-1)9-17-10-16-13-12(17)8-14-6-7-15-13/h1-8H,9-10H2. The highest BCUT2D eigenvalue weighted by Gasteiger charge is 2.21. The molecule has 0 radical (unpaired) electrons. The molecule has 2 heterocycles. The number of hydrogen-bond donors (Lipinski definition) is 0. The van der Waals surface area contributed by atoms with Gasteiger partial charge in [0.15, 0.2) is 5.84 Å². The maximum Gasteiger partial charge on any atom is 0.174 e. The Morgan fingerprint density at radius 2 is 2.00 bits per heavy atom. The summed E-state index contributed by atoms with van der Waals surface area (Å²) in [6.45, 7) is 1.49. The number of aliphatic imine (C=N–C) groups is 3. The van der Waals surface area contributed by atoms with E-state index in [9.17, 15) is 0 Å². The fourth-order valence-electron chi connectivity index (χ4n) is 1.89. The SMILES string of the molecule is C1=NC=C2C(=NCN2Cc2ccccc2)N=C1. The summed E-state index contributed by atoms with van der Waals surface area (Å²) in [7, 11) is 0. The van der Waals surface area contributed by atoms with Gasteiger partial charge in [-0.25, -0.2) is 9.98 Å². The van der Waals surface area contributed by atoms with Gasteiger partial charge in [-0.05, 0) is 5.56 Å². The molecule has 0 fully saturated rings. The first kappa shape index (κ1) is 9.96. The van der Waals surface area contributed by atoms with Crippen molar-refractivity contribution < 1.29 is 0 Å². The number of rotatable bonds is 2. The first-order valence-electron chi connectivity index (χ1n) is 5.53. The van der Waals surface area contributed by atoms with E-state index in [0.29, 0.717) is 6.67 Å². The molecule has 1 aromatic carbocycles. The van der Waals surface area contributed by atoms with E-state index in [4.69, 9.17) is 0 Å². The van der Waals surface area contributed by atoms with Crippen LogP contribution >= 0.6 is 0 Å². The molecule has 0 saturated carbocycles. The predicted molar refractivity (Wildman–Crippen MR) is 69.4 cm³/mol. The van der Waals surface area contributed by atoms with Crippen molar-refractivity contribution in [2.75, 3.05) is 6.67 Å². The van der Waals surface area contributed by atoms with Crippen LogP contribution in [0.15, 0.2) is 57.2 Å². The molecule has 0 unspecified atom stereocenters. The van der Waals surface area contributed by atoms with Gasteiger partial charge in [-0.15, -0.1) is 0 Å². The lowest BCUT2D eigenvalue weighted by Gasteiger charge is -2.18. The fourth-order valence-corrected chi connectivity index (χ4v) is 1.89. The zero-order valence-corrected chi connectivity index (χ0v) is 9.32. The Hall–Kier alpha value is -2.23. The van der Waals surface area contributed by atoms with Crippen molar-refractivity contribution in [2.24, 2.45) is 15.0 Å². The Morgan fingerprint density at radius 1 is 1.12 bits per heavy atom. The molecular formula is C13H12N4. The lowest BCUT2D eigenvalue weighted by atomic mass is 10.2. The minimum atomic E-state index is 0.656. The van der Waals surface area contributed by atoms with Crippen LogP contribution in [-0.4, -0.2) is 29.8 Å². The Morgan fingerprint density at radius 3 is 2.88 bits per heavy atom. The fraction of sp³-hybridized carbons (Fsp3) is 0.154.